The van der Waals surface area contributed by atoms with Crippen molar-refractivity contribution in [3.8, 4) is 11.1 Å². The number of hydrogen-bond donors (Lipinski definition) is 0. The Labute approximate surface area is 158 Å². The molecule has 0 saturated heterocycles. The number of aryl methyl sites for hydroxylation is 1. The molecule has 0 fully saturated rings. The Kier molecular flexibility index (Phi) is 3.79. The average molecular weight is 348 g/mol. The summed E-state index contributed by atoms with van der Waals surface area (Å²) in [5, 5.41) is 2.37. The fraction of sp³-hybridized carbons (Fsp3) is 0.0769. The molecular weight excluding hydrogens is 328 g/mol. The zero-order chi connectivity index (χ0) is 18.2. The molecule has 1 nitrogen and oxygen atoms in total. The van der Waals surface area contributed by atoms with Crippen LogP contribution in [0.4, 0.5) is 0 Å². The van der Waals surface area contributed by atoms with Crippen LogP contribution in [0.5, 0.6) is 0 Å². The lowest BCUT2D eigenvalue weighted by Crippen LogP contribution is -1.88. The third-order valence-electron chi connectivity index (χ3n) is 5.19. The minimum absolute atomic E-state index is 0.904. The van der Waals surface area contributed by atoms with Gasteiger partial charge in [-0.15, -0.1) is 0 Å². The number of fused-ring (bicyclic) bond motifs is 3. The lowest BCUT2D eigenvalue weighted by molar-refractivity contribution is 0.668. The molecule has 0 amide bonds. The molecule has 0 bridgehead atoms. The standard InChI is InChI=1S/C26H20O/c1-18-6-11-21(12-7-18)22-13-8-19(9-14-22)16-20-10-15-24-23-4-2-3-5-25(23)27-26(24)17-20/h2-15,17H,16H2,1H3. The summed E-state index contributed by atoms with van der Waals surface area (Å²) in [6.07, 6.45) is 0.904. The summed E-state index contributed by atoms with van der Waals surface area (Å²) in [4.78, 5) is 0. The minimum Gasteiger partial charge on any atom is -0.456 e. The molecule has 0 saturated carbocycles. The largest absolute Gasteiger partial charge is 0.456 e. The number of furan rings is 1. The van der Waals surface area contributed by atoms with Crippen LogP contribution in [-0.2, 0) is 6.42 Å². The van der Waals surface area contributed by atoms with Gasteiger partial charge in [-0.1, -0.05) is 84.4 Å². The van der Waals surface area contributed by atoms with Gasteiger partial charge in [-0.05, 0) is 47.7 Å². The second-order valence-corrected chi connectivity index (χ2v) is 7.17. The van der Waals surface area contributed by atoms with Gasteiger partial charge >= 0.3 is 0 Å². The van der Waals surface area contributed by atoms with Gasteiger partial charge in [0.1, 0.15) is 11.2 Å². The normalized spacial score (nSPS) is 11.3. The van der Waals surface area contributed by atoms with Crippen LogP contribution < -0.4 is 0 Å². The molecule has 5 rings (SSSR count). The quantitative estimate of drug-likeness (QED) is 0.337. The second-order valence-electron chi connectivity index (χ2n) is 7.17. The van der Waals surface area contributed by atoms with Gasteiger partial charge in [0.15, 0.2) is 0 Å². The van der Waals surface area contributed by atoms with Gasteiger partial charge in [-0.25, -0.2) is 0 Å². The highest BCUT2D eigenvalue weighted by atomic mass is 16.3. The van der Waals surface area contributed by atoms with Crippen LogP contribution in [-0.4, -0.2) is 0 Å². The first-order valence-electron chi connectivity index (χ1n) is 9.32. The van der Waals surface area contributed by atoms with Crippen molar-refractivity contribution in [2.75, 3.05) is 0 Å². The van der Waals surface area contributed by atoms with Gasteiger partial charge in [0.2, 0.25) is 0 Å². The first-order valence-corrected chi connectivity index (χ1v) is 9.32. The first-order chi connectivity index (χ1) is 13.3. The van der Waals surface area contributed by atoms with E-state index in [4.69, 9.17) is 4.42 Å². The van der Waals surface area contributed by atoms with Crippen molar-refractivity contribution in [3.63, 3.8) is 0 Å². The molecule has 1 heteroatoms. The molecule has 4 aromatic carbocycles. The van der Waals surface area contributed by atoms with E-state index >= 15 is 0 Å². The molecule has 0 N–H and O–H groups in total. The van der Waals surface area contributed by atoms with E-state index in [1.807, 2.05) is 12.1 Å². The topological polar surface area (TPSA) is 13.1 Å². The van der Waals surface area contributed by atoms with E-state index < -0.39 is 0 Å². The maximum Gasteiger partial charge on any atom is 0.135 e. The van der Waals surface area contributed by atoms with Crippen molar-refractivity contribution in [3.05, 3.63) is 108 Å². The molecule has 1 heterocycles. The zero-order valence-electron chi connectivity index (χ0n) is 15.3. The molecule has 0 radical (unpaired) electrons. The molecule has 0 aliphatic heterocycles. The van der Waals surface area contributed by atoms with Crippen LogP contribution in [0, 0.1) is 6.92 Å². The fourth-order valence-electron chi connectivity index (χ4n) is 3.68. The van der Waals surface area contributed by atoms with Crippen LogP contribution in [0.25, 0.3) is 33.1 Å². The van der Waals surface area contributed by atoms with Crippen LogP contribution in [0.15, 0.2) is 95.4 Å². The van der Waals surface area contributed by atoms with Gasteiger partial charge in [-0.2, -0.15) is 0 Å². The van der Waals surface area contributed by atoms with E-state index in [2.05, 4.69) is 85.8 Å². The zero-order valence-corrected chi connectivity index (χ0v) is 15.3. The Morgan fingerprint density at radius 1 is 0.593 bits per heavy atom. The Balaban J connectivity index is 1.42. The van der Waals surface area contributed by atoms with Crippen molar-refractivity contribution in [2.45, 2.75) is 13.3 Å². The van der Waals surface area contributed by atoms with Crippen molar-refractivity contribution in [2.24, 2.45) is 0 Å². The molecule has 5 aromatic rings. The van der Waals surface area contributed by atoms with Gasteiger partial charge < -0.3 is 4.42 Å². The van der Waals surface area contributed by atoms with E-state index in [1.54, 1.807) is 0 Å². The van der Waals surface area contributed by atoms with Crippen molar-refractivity contribution in [1.82, 2.24) is 0 Å². The van der Waals surface area contributed by atoms with E-state index in [0.29, 0.717) is 0 Å². The van der Waals surface area contributed by atoms with Crippen LogP contribution >= 0.6 is 0 Å². The van der Waals surface area contributed by atoms with E-state index in [9.17, 15) is 0 Å². The number of para-hydroxylation sites is 1. The monoisotopic (exact) mass is 348 g/mol. The van der Waals surface area contributed by atoms with Crippen LogP contribution in [0.1, 0.15) is 16.7 Å². The Hall–Kier alpha value is -3.32. The van der Waals surface area contributed by atoms with Crippen LogP contribution in [0.3, 0.4) is 0 Å². The van der Waals surface area contributed by atoms with Crippen LogP contribution in [0.2, 0.25) is 0 Å². The fourth-order valence-corrected chi connectivity index (χ4v) is 3.68. The van der Waals surface area contributed by atoms with Gasteiger partial charge in [0.25, 0.3) is 0 Å². The Bertz CT molecular complexity index is 1230. The first kappa shape index (κ1) is 15.9. The molecule has 0 aliphatic carbocycles. The molecule has 0 aliphatic rings. The molecule has 130 valence electrons. The smallest absolute Gasteiger partial charge is 0.135 e. The lowest BCUT2D eigenvalue weighted by Gasteiger charge is -2.06. The molecule has 0 atom stereocenters. The minimum atomic E-state index is 0.904. The van der Waals surface area contributed by atoms with E-state index in [-0.39, 0.29) is 0 Å². The summed E-state index contributed by atoms with van der Waals surface area (Å²) in [6, 6.07) is 32.3. The van der Waals surface area contributed by atoms with E-state index in [1.165, 1.54) is 38.6 Å². The summed E-state index contributed by atoms with van der Waals surface area (Å²) in [7, 11) is 0. The highest BCUT2D eigenvalue weighted by molar-refractivity contribution is 6.04. The molecule has 27 heavy (non-hydrogen) atoms. The highest BCUT2D eigenvalue weighted by Gasteiger charge is 2.07. The van der Waals surface area contributed by atoms with Gasteiger partial charge in [0.05, 0.1) is 0 Å². The highest BCUT2D eigenvalue weighted by Crippen LogP contribution is 2.30. The third-order valence-corrected chi connectivity index (χ3v) is 5.19. The predicted molar refractivity (Wildman–Crippen MR) is 113 cm³/mol. The molecule has 0 unspecified atom stereocenters. The summed E-state index contributed by atoms with van der Waals surface area (Å²) < 4.78 is 6.02. The Morgan fingerprint density at radius 2 is 1.22 bits per heavy atom. The molecular formula is C26H20O. The average Bonchev–Trinajstić information content (AvgIpc) is 3.07. The number of benzene rings is 4. The van der Waals surface area contributed by atoms with Crippen molar-refractivity contribution in [1.29, 1.82) is 0 Å². The third kappa shape index (κ3) is 3.02. The summed E-state index contributed by atoms with van der Waals surface area (Å²) in [5.41, 5.74) is 8.29. The Morgan fingerprint density at radius 3 is 2.00 bits per heavy atom. The van der Waals surface area contributed by atoms with Gasteiger partial charge in [-0.3, -0.25) is 0 Å². The maximum atomic E-state index is 6.02. The summed E-state index contributed by atoms with van der Waals surface area (Å²) in [6.45, 7) is 2.12. The number of hydrogen-bond acceptors (Lipinski definition) is 1. The van der Waals surface area contributed by atoms with Gasteiger partial charge in [0, 0.05) is 10.8 Å². The summed E-state index contributed by atoms with van der Waals surface area (Å²) in [5.74, 6) is 0. The SMILES string of the molecule is Cc1ccc(-c2ccc(Cc3ccc4c(c3)oc3ccccc34)cc2)cc1. The molecule has 0 spiro atoms. The lowest BCUT2D eigenvalue weighted by atomic mass is 9.99. The second kappa shape index (κ2) is 6.44. The maximum absolute atomic E-state index is 6.02. The summed E-state index contributed by atoms with van der Waals surface area (Å²) >= 11 is 0. The van der Waals surface area contributed by atoms with Crippen molar-refractivity contribution >= 4 is 21.9 Å². The van der Waals surface area contributed by atoms with E-state index in [0.717, 1.165) is 17.6 Å². The van der Waals surface area contributed by atoms with Crippen molar-refractivity contribution < 1.29 is 4.42 Å². The predicted octanol–water partition coefficient (Wildman–Crippen LogP) is 7.15. The number of rotatable bonds is 3. The molecule has 1 aromatic heterocycles.